The normalized spacial score (nSPS) is 11.0. The first-order valence-corrected chi connectivity index (χ1v) is 7.65. The van der Waals surface area contributed by atoms with Gasteiger partial charge in [-0.05, 0) is 25.1 Å². The third-order valence-corrected chi connectivity index (χ3v) is 3.56. The zero-order valence-electron chi connectivity index (χ0n) is 12.3. The molecule has 2 heteroatoms. The maximum absolute atomic E-state index is 3.52. The zero-order chi connectivity index (χ0) is 13.1. The van der Waals surface area contributed by atoms with E-state index in [-0.39, 0.29) is 0 Å². The molecular weight excluding hydrogens is 220 g/mol. The fourth-order valence-electron chi connectivity index (χ4n) is 2.28. The first kappa shape index (κ1) is 15.3. The maximum Gasteiger partial charge on any atom is 0.0359 e. The lowest BCUT2D eigenvalue weighted by Crippen LogP contribution is -2.16. The minimum Gasteiger partial charge on any atom is -0.353 e. The topological polar surface area (TPSA) is 17.0 Å². The van der Waals surface area contributed by atoms with Crippen LogP contribution in [0.1, 0.15) is 64.0 Å². The fraction of sp³-hybridized carbons (Fsp3) is 0.750. The predicted octanol–water partition coefficient (Wildman–Crippen LogP) is 4.26. The fourth-order valence-corrected chi connectivity index (χ4v) is 2.28. The highest BCUT2D eigenvalue weighted by atomic mass is 15.0. The molecule has 0 radical (unpaired) electrons. The van der Waals surface area contributed by atoms with Crippen molar-refractivity contribution in [2.45, 2.75) is 64.8 Å². The van der Waals surface area contributed by atoms with Crippen molar-refractivity contribution in [2.75, 3.05) is 6.54 Å². The van der Waals surface area contributed by atoms with Gasteiger partial charge in [0.25, 0.3) is 0 Å². The van der Waals surface area contributed by atoms with E-state index in [0.717, 1.165) is 13.1 Å². The van der Waals surface area contributed by atoms with Crippen LogP contribution in [-0.4, -0.2) is 11.1 Å². The van der Waals surface area contributed by atoms with Crippen LogP contribution in [0.4, 0.5) is 0 Å². The molecule has 0 saturated heterocycles. The smallest absolute Gasteiger partial charge is 0.0359 e. The van der Waals surface area contributed by atoms with Crippen molar-refractivity contribution < 1.29 is 0 Å². The summed E-state index contributed by atoms with van der Waals surface area (Å²) in [5.74, 6) is 0. The lowest BCUT2D eigenvalue weighted by molar-refractivity contribution is 0.551. The van der Waals surface area contributed by atoms with E-state index in [1.807, 2.05) is 0 Å². The molecule has 0 amide bonds. The summed E-state index contributed by atoms with van der Waals surface area (Å²) in [6.07, 6.45) is 13.3. The summed E-state index contributed by atoms with van der Waals surface area (Å²) >= 11 is 0. The first-order chi connectivity index (χ1) is 8.84. The number of aryl methyl sites for hydroxylation is 1. The molecule has 0 saturated carbocycles. The summed E-state index contributed by atoms with van der Waals surface area (Å²) in [4.78, 5) is 0. The van der Waals surface area contributed by atoms with Crippen molar-refractivity contribution in [1.29, 1.82) is 0 Å². The number of hydrogen-bond donors (Lipinski definition) is 1. The Labute approximate surface area is 113 Å². The second-order valence-electron chi connectivity index (χ2n) is 5.26. The molecular formula is C16H30N2. The van der Waals surface area contributed by atoms with Gasteiger partial charge in [-0.25, -0.2) is 0 Å². The Hall–Kier alpha value is -0.760. The second-order valence-corrected chi connectivity index (χ2v) is 5.26. The van der Waals surface area contributed by atoms with Gasteiger partial charge >= 0.3 is 0 Å². The highest BCUT2D eigenvalue weighted by Crippen LogP contribution is 2.08. The first-order valence-electron chi connectivity index (χ1n) is 7.65. The van der Waals surface area contributed by atoms with Crippen LogP contribution in [0.3, 0.4) is 0 Å². The molecule has 1 rings (SSSR count). The molecule has 0 aromatic carbocycles. The molecule has 104 valence electrons. The molecule has 0 spiro atoms. The van der Waals surface area contributed by atoms with Crippen LogP contribution in [0.2, 0.25) is 0 Å². The third kappa shape index (κ3) is 6.85. The van der Waals surface area contributed by atoms with Crippen molar-refractivity contribution in [3.63, 3.8) is 0 Å². The number of unbranched alkanes of at least 4 members (excludes halogenated alkanes) is 7. The molecule has 0 aliphatic carbocycles. The van der Waals surface area contributed by atoms with Gasteiger partial charge in [0.1, 0.15) is 0 Å². The third-order valence-electron chi connectivity index (χ3n) is 3.56. The van der Waals surface area contributed by atoms with Crippen LogP contribution in [0.15, 0.2) is 18.3 Å². The summed E-state index contributed by atoms with van der Waals surface area (Å²) in [6.45, 7) is 4.43. The van der Waals surface area contributed by atoms with Gasteiger partial charge < -0.3 is 9.88 Å². The van der Waals surface area contributed by atoms with E-state index in [1.54, 1.807) is 0 Å². The van der Waals surface area contributed by atoms with Gasteiger partial charge in [-0.3, -0.25) is 0 Å². The van der Waals surface area contributed by atoms with Gasteiger partial charge in [-0.15, -0.1) is 0 Å². The zero-order valence-corrected chi connectivity index (χ0v) is 12.3. The van der Waals surface area contributed by atoms with Crippen molar-refractivity contribution >= 4 is 0 Å². The molecule has 1 N–H and O–H groups in total. The second kappa shape index (κ2) is 10.2. The maximum atomic E-state index is 3.52. The molecule has 1 aromatic rings. The van der Waals surface area contributed by atoms with Gasteiger partial charge in [-0.2, -0.15) is 0 Å². The molecule has 0 atom stereocenters. The Bertz CT molecular complexity index is 291. The van der Waals surface area contributed by atoms with Crippen molar-refractivity contribution in [3.05, 3.63) is 24.0 Å². The van der Waals surface area contributed by atoms with Crippen LogP contribution < -0.4 is 5.32 Å². The Morgan fingerprint density at radius 2 is 1.67 bits per heavy atom. The van der Waals surface area contributed by atoms with E-state index >= 15 is 0 Å². The Balaban J connectivity index is 1.83. The Kier molecular flexibility index (Phi) is 8.66. The van der Waals surface area contributed by atoms with E-state index < -0.39 is 0 Å². The molecule has 0 unspecified atom stereocenters. The van der Waals surface area contributed by atoms with Crippen LogP contribution in [0.5, 0.6) is 0 Å². The van der Waals surface area contributed by atoms with Gasteiger partial charge in [-0.1, -0.05) is 51.9 Å². The quantitative estimate of drug-likeness (QED) is 0.581. The highest BCUT2D eigenvalue weighted by molar-refractivity contribution is 5.05. The predicted molar refractivity (Wildman–Crippen MR) is 79.7 cm³/mol. The number of hydrogen-bond acceptors (Lipinski definition) is 1. The number of rotatable bonds is 11. The molecule has 0 fully saturated rings. The van der Waals surface area contributed by atoms with Crippen LogP contribution in [-0.2, 0) is 13.6 Å². The minimum absolute atomic E-state index is 1.00. The van der Waals surface area contributed by atoms with Gasteiger partial charge in [0, 0.05) is 25.5 Å². The largest absolute Gasteiger partial charge is 0.353 e. The number of aromatic nitrogens is 1. The monoisotopic (exact) mass is 250 g/mol. The lowest BCUT2D eigenvalue weighted by Gasteiger charge is -2.06. The average Bonchev–Trinajstić information content (AvgIpc) is 2.77. The van der Waals surface area contributed by atoms with Gasteiger partial charge in [0.2, 0.25) is 0 Å². The molecule has 18 heavy (non-hydrogen) atoms. The Morgan fingerprint density at radius 1 is 1.00 bits per heavy atom. The van der Waals surface area contributed by atoms with E-state index in [1.165, 1.54) is 57.1 Å². The van der Waals surface area contributed by atoms with Gasteiger partial charge in [0.05, 0.1) is 0 Å². The molecule has 1 aromatic heterocycles. The van der Waals surface area contributed by atoms with E-state index in [0.29, 0.717) is 0 Å². The highest BCUT2D eigenvalue weighted by Gasteiger charge is 1.96. The molecule has 2 nitrogen and oxygen atoms in total. The molecule has 0 bridgehead atoms. The lowest BCUT2D eigenvalue weighted by atomic mass is 10.1. The number of nitrogens with zero attached hydrogens (tertiary/aromatic N) is 1. The van der Waals surface area contributed by atoms with E-state index in [2.05, 4.69) is 42.2 Å². The van der Waals surface area contributed by atoms with E-state index in [4.69, 9.17) is 0 Å². The van der Waals surface area contributed by atoms with Crippen LogP contribution >= 0.6 is 0 Å². The van der Waals surface area contributed by atoms with Crippen molar-refractivity contribution in [1.82, 2.24) is 9.88 Å². The van der Waals surface area contributed by atoms with Crippen molar-refractivity contribution in [3.8, 4) is 0 Å². The van der Waals surface area contributed by atoms with Crippen LogP contribution in [0.25, 0.3) is 0 Å². The van der Waals surface area contributed by atoms with Gasteiger partial charge in [0.15, 0.2) is 0 Å². The summed E-state index contributed by atoms with van der Waals surface area (Å²) in [5.41, 5.74) is 1.37. The summed E-state index contributed by atoms with van der Waals surface area (Å²) in [5, 5.41) is 3.52. The standard InChI is InChI=1S/C16H30N2/c1-3-4-5-6-7-8-9-10-13-17-15-16-12-11-14-18(16)2/h11-12,14,17H,3-10,13,15H2,1-2H3. The molecule has 1 heterocycles. The minimum atomic E-state index is 1.00. The Morgan fingerprint density at radius 3 is 2.28 bits per heavy atom. The van der Waals surface area contributed by atoms with Crippen LogP contribution in [0, 0.1) is 0 Å². The summed E-state index contributed by atoms with van der Waals surface area (Å²) in [6, 6.07) is 4.29. The summed E-state index contributed by atoms with van der Waals surface area (Å²) in [7, 11) is 2.10. The number of nitrogens with one attached hydrogen (secondary N) is 1. The molecule has 0 aliphatic heterocycles. The average molecular weight is 250 g/mol. The summed E-state index contributed by atoms with van der Waals surface area (Å²) < 4.78 is 2.18. The van der Waals surface area contributed by atoms with E-state index in [9.17, 15) is 0 Å². The van der Waals surface area contributed by atoms with Crippen molar-refractivity contribution in [2.24, 2.45) is 7.05 Å². The molecule has 0 aliphatic rings. The SMILES string of the molecule is CCCCCCCCCCNCc1cccn1C.